The van der Waals surface area contributed by atoms with Crippen LogP contribution in [0.25, 0.3) is 0 Å². The molecule has 110 valence electrons. The van der Waals surface area contributed by atoms with Gasteiger partial charge in [-0.3, -0.25) is 0 Å². The highest BCUT2D eigenvalue weighted by atomic mass is 79.9. The molecule has 0 aromatic heterocycles. The van der Waals surface area contributed by atoms with E-state index in [1.165, 1.54) is 18.4 Å². The van der Waals surface area contributed by atoms with Crippen LogP contribution >= 0.6 is 15.9 Å². The second-order valence-corrected chi connectivity index (χ2v) is 8.74. The van der Waals surface area contributed by atoms with Gasteiger partial charge in [-0.05, 0) is 46.5 Å². The predicted molar refractivity (Wildman–Crippen MR) is 84.9 cm³/mol. The van der Waals surface area contributed by atoms with E-state index in [-0.39, 0.29) is 11.5 Å². The lowest BCUT2D eigenvalue weighted by Crippen LogP contribution is -2.40. The van der Waals surface area contributed by atoms with E-state index in [1.807, 2.05) is 0 Å². The molecule has 0 amide bonds. The highest BCUT2D eigenvalue weighted by Gasteiger charge is 2.23. The highest BCUT2D eigenvalue weighted by molar-refractivity contribution is 9.10. The Morgan fingerprint density at radius 1 is 1.25 bits per heavy atom. The molecule has 1 aromatic carbocycles. The molecule has 20 heavy (non-hydrogen) atoms. The van der Waals surface area contributed by atoms with Crippen molar-refractivity contribution in [3.05, 3.63) is 28.2 Å². The van der Waals surface area contributed by atoms with Crippen LogP contribution in [0.1, 0.15) is 18.4 Å². The monoisotopic (exact) mass is 358 g/mol. The van der Waals surface area contributed by atoms with Gasteiger partial charge in [-0.25, -0.2) is 8.42 Å². The van der Waals surface area contributed by atoms with E-state index in [0.717, 1.165) is 16.7 Å². The molecule has 0 bridgehead atoms. The maximum Gasteiger partial charge on any atom is 0.153 e. The fraction of sp³-hybridized carbons (Fsp3) is 0.571. The summed E-state index contributed by atoms with van der Waals surface area (Å²) in [6, 6.07) is 7.05. The van der Waals surface area contributed by atoms with Crippen molar-refractivity contribution in [3.8, 4) is 0 Å². The van der Waals surface area contributed by atoms with Crippen LogP contribution < -0.4 is 10.2 Å². The van der Waals surface area contributed by atoms with Gasteiger partial charge in [-0.15, -0.1) is 0 Å². The minimum atomic E-state index is -2.82. The SMILES string of the molecule is O=S1(=O)CCN(c2ccc(CNC3CC3)cc2Br)CC1. The van der Waals surface area contributed by atoms with Gasteiger partial charge in [0.2, 0.25) is 0 Å². The molecule has 1 aliphatic carbocycles. The third-order valence-electron chi connectivity index (χ3n) is 3.87. The fourth-order valence-electron chi connectivity index (χ4n) is 2.42. The summed E-state index contributed by atoms with van der Waals surface area (Å²) < 4.78 is 24.0. The minimum absolute atomic E-state index is 0.254. The van der Waals surface area contributed by atoms with Crippen molar-refractivity contribution in [1.29, 1.82) is 0 Å². The highest BCUT2D eigenvalue weighted by Crippen LogP contribution is 2.29. The van der Waals surface area contributed by atoms with E-state index in [4.69, 9.17) is 0 Å². The average molecular weight is 359 g/mol. The Morgan fingerprint density at radius 3 is 2.55 bits per heavy atom. The summed E-state index contributed by atoms with van der Waals surface area (Å²) in [5.74, 6) is 0.509. The van der Waals surface area contributed by atoms with Gasteiger partial charge in [0, 0.05) is 30.1 Å². The zero-order valence-electron chi connectivity index (χ0n) is 11.3. The molecule has 2 fully saturated rings. The molecule has 0 unspecified atom stereocenters. The molecule has 6 heteroatoms. The Labute approximate surface area is 128 Å². The third kappa shape index (κ3) is 3.54. The molecule has 2 aliphatic rings. The van der Waals surface area contributed by atoms with Gasteiger partial charge in [0.15, 0.2) is 9.84 Å². The van der Waals surface area contributed by atoms with Gasteiger partial charge in [0.25, 0.3) is 0 Å². The van der Waals surface area contributed by atoms with Crippen LogP contribution in [0.4, 0.5) is 5.69 Å². The summed E-state index contributed by atoms with van der Waals surface area (Å²) in [7, 11) is -2.82. The summed E-state index contributed by atoms with van der Waals surface area (Å²) in [5.41, 5.74) is 2.35. The maximum absolute atomic E-state index is 11.5. The molecule has 0 spiro atoms. The first-order chi connectivity index (χ1) is 9.53. The largest absolute Gasteiger partial charge is 0.369 e. The number of hydrogen-bond donors (Lipinski definition) is 1. The zero-order valence-corrected chi connectivity index (χ0v) is 13.7. The first-order valence-corrected chi connectivity index (χ1v) is 9.62. The minimum Gasteiger partial charge on any atom is -0.369 e. The lowest BCUT2D eigenvalue weighted by Gasteiger charge is -2.29. The first-order valence-electron chi connectivity index (χ1n) is 7.01. The van der Waals surface area contributed by atoms with Gasteiger partial charge >= 0.3 is 0 Å². The van der Waals surface area contributed by atoms with E-state index >= 15 is 0 Å². The third-order valence-corrected chi connectivity index (χ3v) is 6.11. The number of anilines is 1. The van der Waals surface area contributed by atoms with Gasteiger partial charge in [0.1, 0.15) is 0 Å². The Morgan fingerprint density at radius 2 is 1.95 bits per heavy atom. The molecule has 1 N–H and O–H groups in total. The van der Waals surface area contributed by atoms with Crippen LogP contribution in [0.2, 0.25) is 0 Å². The Kier molecular flexibility index (Phi) is 4.06. The second-order valence-electron chi connectivity index (χ2n) is 5.58. The quantitative estimate of drug-likeness (QED) is 0.893. The topological polar surface area (TPSA) is 49.4 Å². The van der Waals surface area contributed by atoms with Gasteiger partial charge in [-0.2, -0.15) is 0 Å². The maximum atomic E-state index is 11.5. The summed E-state index contributed by atoms with van der Waals surface area (Å²) in [6.45, 7) is 2.07. The van der Waals surface area contributed by atoms with Crippen molar-refractivity contribution in [2.75, 3.05) is 29.5 Å². The molecule has 3 rings (SSSR count). The lowest BCUT2D eigenvalue weighted by molar-refractivity contribution is 0.586. The van der Waals surface area contributed by atoms with E-state index in [0.29, 0.717) is 19.1 Å². The molecule has 1 aliphatic heterocycles. The van der Waals surface area contributed by atoms with E-state index < -0.39 is 9.84 Å². The number of nitrogens with zero attached hydrogens (tertiary/aromatic N) is 1. The lowest BCUT2D eigenvalue weighted by atomic mass is 10.2. The molecule has 4 nitrogen and oxygen atoms in total. The molecule has 1 saturated carbocycles. The average Bonchev–Trinajstić information content (AvgIpc) is 3.21. The Balaban J connectivity index is 1.67. The second kappa shape index (κ2) is 5.66. The summed E-state index contributed by atoms with van der Waals surface area (Å²) >= 11 is 3.61. The first kappa shape index (κ1) is 14.4. The predicted octanol–water partition coefficient (Wildman–Crippen LogP) is 1.94. The van der Waals surface area contributed by atoms with Gasteiger partial charge in [0.05, 0.1) is 17.2 Å². The molecule has 1 aromatic rings. The molecular formula is C14H19BrN2O2S. The van der Waals surface area contributed by atoms with Crippen molar-refractivity contribution < 1.29 is 8.42 Å². The van der Waals surface area contributed by atoms with E-state index in [2.05, 4.69) is 44.3 Å². The molecule has 1 saturated heterocycles. The zero-order chi connectivity index (χ0) is 14.2. The molecule has 1 heterocycles. The molecule has 0 radical (unpaired) electrons. The number of halogens is 1. The standard InChI is InChI=1S/C14H19BrN2O2S/c15-13-9-11(10-16-12-2-3-12)1-4-14(13)17-5-7-20(18,19)8-6-17/h1,4,9,12,16H,2-3,5-8,10H2. The van der Waals surface area contributed by atoms with Crippen LogP contribution in [0.5, 0.6) is 0 Å². The summed E-state index contributed by atoms with van der Waals surface area (Å²) in [4.78, 5) is 2.14. The van der Waals surface area contributed by atoms with Crippen molar-refractivity contribution in [1.82, 2.24) is 5.32 Å². The van der Waals surface area contributed by atoms with E-state index in [1.54, 1.807) is 0 Å². The molecule has 0 atom stereocenters. The van der Waals surface area contributed by atoms with Gasteiger partial charge < -0.3 is 10.2 Å². The van der Waals surface area contributed by atoms with Crippen LogP contribution in [0, 0.1) is 0 Å². The summed E-state index contributed by atoms with van der Waals surface area (Å²) in [6.07, 6.45) is 2.59. The smallest absolute Gasteiger partial charge is 0.153 e. The van der Waals surface area contributed by atoms with Crippen LogP contribution in [-0.2, 0) is 16.4 Å². The number of benzene rings is 1. The number of sulfone groups is 1. The Hall–Kier alpha value is -0.590. The van der Waals surface area contributed by atoms with E-state index in [9.17, 15) is 8.42 Å². The van der Waals surface area contributed by atoms with Crippen molar-refractivity contribution in [2.24, 2.45) is 0 Å². The fourth-order valence-corrected chi connectivity index (χ4v) is 4.30. The number of hydrogen-bond acceptors (Lipinski definition) is 4. The molecular weight excluding hydrogens is 340 g/mol. The van der Waals surface area contributed by atoms with Crippen LogP contribution in [-0.4, -0.2) is 39.1 Å². The summed E-state index contributed by atoms with van der Waals surface area (Å²) in [5, 5.41) is 3.50. The van der Waals surface area contributed by atoms with Crippen molar-refractivity contribution in [2.45, 2.75) is 25.4 Å². The number of rotatable bonds is 4. The van der Waals surface area contributed by atoms with Crippen LogP contribution in [0.3, 0.4) is 0 Å². The van der Waals surface area contributed by atoms with Crippen LogP contribution in [0.15, 0.2) is 22.7 Å². The van der Waals surface area contributed by atoms with Crippen molar-refractivity contribution in [3.63, 3.8) is 0 Å². The van der Waals surface area contributed by atoms with Gasteiger partial charge in [-0.1, -0.05) is 6.07 Å². The number of nitrogens with one attached hydrogen (secondary N) is 1. The Bertz CT molecular complexity index is 585. The normalized spacial score (nSPS) is 21.9. The van der Waals surface area contributed by atoms with Crippen molar-refractivity contribution >= 4 is 31.5 Å².